The molecule has 0 radical (unpaired) electrons. The summed E-state index contributed by atoms with van der Waals surface area (Å²) in [6.45, 7) is 5.22. The topological polar surface area (TPSA) is 124 Å². The lowest BCUT2D eigenvalue weighted by atomic mass is 10.2. The van der Waals surface area contributed by atoms with Gasteiger partial charge in [-0.15, -0.1) is 11.3 Å². The monoisotopic (exact) mass is 313 g/mol. The van der Waals surface area contributed by atoms with Crippen molar-refractivity contribution in [3.05, 3.63) is 17.2 Å². The molecule has 0 aliphatic heterocycles. The number of carboxylic acids is 1. The summed E-state index contributed by atoms with van der Waals surface area (Å²) in [4.78, 5) is 30.3. The van der Waals surface area contributed by atoms with E-state index in [1.807, 2.05) is 0 Å². The molecule has 1 unspecified atom stereocenters. The number of ether oxygens (including phenoxy) is 1. The van der Waals surface area contributed by atoms with Gasteiger partial charge in [-0.3, -0.25) is 0 Å². The van der Waals surface area contributed by atoms with Crippen LogP contribution in [0.5, 0.6) is 0 Å². The minimum Gasteiger partial charge on any atom is -0.476 e. The van der Waals surface area contributed by atoms with E-state index in [4.69, 9.17) is 20.4 Å². The molecule has 0 saturated carbocycles. The fourth-order valence-corrected chi connectivity index (χ4v) is 1.73. The van der Waals surface area contributed by atoms with Crippen LogP contribution in [0.15, 0.2) is 16.6 Å². The van der Waals surface area contributed by atoms with Gasteiger partial charge in [-0.25, -0.2) is 14.6 Å². The van der Waals surface area contributed by atoms with Gasteiger partial charge in [0.05, 0.1) is 11.7 Å². The number of nitrogens with zero attached hydrogens (tertiary/aromatic N) is 2. The molecule has 0 aliphatic carbocycles. The Bertz CT molecular complexity index is 584. The molecule has 1 atom stereocenters. The van der Waals surface area contributed by atoms with E-state index in [-0.39, 0.29) is 10.8 Å². The third-order valence-corrected chi connectivity index (χ3v) is 2.56. The number of anilines is 1. The van der Waals surface area contributed by atoms with Gasteiger partial charge in [0.2, 0.25) is 5.71 Å². The number of aliphatic carboxylic acids is 1. The maximum Gasteiger partial charge on any atom is 0.360 e. The molecule has 0 fully saturated rings. The quantitative estimate of drug-likeness (QED) is 0.348. The van der Waals surface area contributed by atoms with Crippen LogP contribution in [0.3, 0.4) is 0 Å². The van der Waals surface area contributed by atoms with Gasteiger partial charge in [-0.1, -0.05) is 5.16 Å². The summed E-state index contributed by atoms with van der Waals surface area (Å²) in [7, 11) is 0. The number of nitrogen functional groups attached to an aromatic ring is 1. The van der Waals surface area contributed by atoms with E-state index in [1.54, 1.807) is 20.8 Å². The van der Waals surface area contributed by atoms with Gasteiger partial charge in [0, 0.05) is 5.38 Å². The number of oxime groups is 1. The minimum absolute atomic E-state index is 0.0644. The molecule has 0 bridgehead atoms. The minimum atomic E-state index is -1.34. The molecule has 21 heavy (non-hydrogen) atoms. The summed E-state index contributed by atoms with van der Waals surface area (Å²) in [6, 6.07) is 0. The number of nitrogens with two attached hydrogens (primary N) is 1. The van der Waals surface area contributed by atoms with Crippen molar-refractivity contribution in [3.8, 4) is 0 Å². The SMILES string of the molecule is CC(C)(C)OC(C=C=O)ON=C(C(=O)O)c1csc(N)n1. The summed E-state index contributed by atoms with van der Waals surface area (Å²) < 4.78 is 5.37. The fraction of sp³-hybridized carbons (Fsp3) is 0.417. The molecule has 0 amide bonds. The number of hydrogen-bond acceptors (Lipinski definition) is 8. The molecule has 1 aromatic heterocycles. The summed E-state index contributed by atoms with van der Waals surface area (Å²) in [5.41, 5.74) is 4.44. The van der Waals surface area contributed by atoms with Gasteiger partial charge < -0.3 is 20.4 Å². The molecular formula is C12H15N3O5S. The van der Waals surface area contributed by atoms with Crippen LogP contribution in [0, 0.1) is 0 Å². The fourth-order valence-electron chi connectivity index (χ4n) is 1.19. The molecule has 0 spiro atoms. The summed E-state index contributed by atoms with van der Waals surface area (Å²) in [5.74, 6) is 0.169. The lowest BCUT2D eigenvalue weighted by molar-refractivity contribution is -0.168. The molecular weight excluding hydrogens is 298 g/mol. The zero-order chi connectivity index (χ0) is 16.0. The Kier molecular flexibility index (Phi) is 5.60. The van der Waals surface area contributed by atoms with E-state index >= 15 is 0 Å². The Hall–Kier alpha value is -2.22. The van der Waals surface area contributed by atoms with E-state index in [9.17, 15) is 9.59 Å². The van der Waals surface area contributed by atoms with Crippen molar-refractivity contribution in [2.24, 2.45) is 5.16 Å². The number of carbonyl (C=O) groups excluding carboxylic acids is 1. The highest BCUT2D eigenvalue weighted by Gasteiger charge is 2.21. The van der Waals surface area contributed by atoms with Crippen molar-refractivity contribution >= 4 is 34.1 Å². The predicted molar refractivity (Wildman–Crippen MR) is 76.7 cm³/mol. The summed E-state index contributed by atoms with van der Waals surface area (Å²) >= 11 is 1.07. The molecule has 1 rings (SSSR count). The molecule has 1 heterocycles. The van der Waals surface area contributed by atoms with Crippen LogP contribution in [0.4, 0.5) is 5.13 Å². The molecule has 8 nitrogen and oxygen atoms in total. The van der Waals surface area contributed by atoms with Crippen molar-refractivity contribution < 1.29 is 24.3 Å². The maximum absolute atomic E-state index is 11.1. The van der Waals surface area contributed by atoms with Crippen LogP contribution >= 0.6 is 11.3 Å². The van der Waals surface area contributed by atoms with Crippen LogP contribution < -0.4 is 5.73 Å². The second kappa shape index (κ2) is 6.98. The Morgan fingerprint density at radius 1 is 1.62 bits per heavy atom. The molecule has 0 aliphatic rings. The number of hydrogen-bond donors (Lipinski definition) is 2. The largest absolute Gasteiger partial charge is 0.476 e. The Balaban J connectivity index is 2.95. The Morgan fingerprint density at radius 2 is 2.29 bits per heavy atom. The number of carbonyl (C=O) groups is 1. The van der Waals surface area contributed by atoms with Crippen LogP contribution in [0.2, 0.25) is 0 Å². The molecule has 114 valence electrons. The van der Waals surface area contributed by atoms with Gasteiger partial charge in [0.15, 0.2) is 5.13 Å². The van der Waals surface area contributed by atoms with Crippen LogP contribution in [-0.4, -0.2) is 39.6 Å². The van der Waals surface area contributed by atoms with E-state index < -0.39 is 23.6 Å². The number of aromatic nitrogens is 1. The maximum atomic E-state index is 11.1. The second-order valence-electron chi connectivity index (χ2n) is 4.80. The normalized spacial score (nSPS) is 13.4. The molecule has 0 saturated heterocycles. The Labute approximate surface area is 124 Å². The van der Waals surface area contributed by atoms with Gasteiger partial charge in [-0.2, -0.15) is 0 Å². The number of rotatable bonds is 6. The highest BCUT2D eigenvalue weighted by Crippen LogP contribution is 2.15. The third-order valence-electron chi connectivity index (χ3n) is 1.89. The summed E-state index contributed by atoms with van der Waals surface area (Å²) in [6.07, 6.45) is -0.211. The Morgan fingerprint density at radius 3 is 2.71 bits per heavy atom. The van der Waals surface area contributed by atoms with Crippen molar-refractivity contribution in [3.63, 3.8) is 0 Å². The van der Waals surface area contributed by atoms with Gasteiger partial charge in [0.1, 0.15) is 11.6 Å². The molecule has 1 aromatic rings. The summed E-state index contributed by atoms with van der Waals surface area (Å²) in [5, 5.41) is 14.2. The number of thiazole rings is 1. The van der Waals surface area contributed by atoms with Crippen molar-refractivity contribution in [1.82, 2.24) is 4.98 Å². The predicted octanol–water partition coefficient (Wildman–Crippen LogP) is 1.06. The first-order chi connectivity index (χ1) is 9.73. The lowest BCUT2D eigenvalue weighted by Gasteiger charge is -2.23. The van der Waals surface area contributed by atoms with Crippen molar-refractivity contribution in [2.45, 2.75) is 32.7 Å². The smallest absolute Gasteiger partial charge is 0.360 e. The van der Waals surface area contributed by atoms with Gasteiger partial charge >= 0.3 is 5.97 Å². The first-order valence-corrected chi connectivity index (χ1v) is 6.68. The third kappa shape index (κ3) is 5.74. The second-order valence-corrected chi connectivity index (χ2v) is 5.69. The highest BCUT2D eigenvalue weighted by molar-refractivity contribution is 7.13. The first-order valence-electron chi connectivity index (χ1n) is 5.80. The first kappa shape index (κ1) is 16.8. The highest BCUT2D eigenvalue weighted by atomic mass is 32.1. The van der Waals surface area contributed by atoms with Crippen molar-refractivity contribution in [1.29, 1.82) is 0 Å². The van der Waals surface area contributed by atoms with Crippen LogP contribution in [0.1, 0.15) is 26.5 Å². The van der Waals surface area contributed by atoms with E-state index in [0.29, 0.717) is 0 Å². The zero-order valence-electron chi connectivity index (χ0n) is 11.7. The average molecular weight is 313 g/mol. The van der Waals surface area contributed by atoms with Crippen molar-refractivity contribution in [2.75, 3.05) is 5.73 Å². The molecule has 0 aromatic carbocycles. The van der Waals surface area contributed by atoms with E-state index in [0.717, 1.165) is 17.4 Å². The standard InChI is InChI=1S/C12H15N3O5S/c1-12(2,3)19-8(4-5-16)20-15-9(10(17)18)7-6-21-11(13)14-7/h4,6,8H,1-3H3,(H2,13,14)(H,17,18). The molecule has 9 heteroatoms. The lowest BCUT2D eigenvalue weighted by Crippen LogP contribution is -2.28. The van der Waals surface area contributed by atoms with Gasteiger partial charge in [-0.05, 0) is 20.8 Å². The number of carboxylic acid groups (broad SMARTS) is 1. The molecule has 3 N–H and O–H groups in total. The van der Waals surface area contributed by atoms with E-state index in [2.05, 4.69) is 10.1 Å². The van der Waals surface area contributed by atoms with Crippen LogP contribution in [0.25, 0.3) is 0 Å². The van der Waals surface area contributed by atoms with Crippen LogP contribution in [-0.2, 0) is 19.2 Å². The van der Waals surface area contributed by atoms with Gasteiger partial charge in [0.25, 0.3) is 6.29 Å². The average Bonchev–Trinajstić information content (AvgIpc) is 2.73. The van der Waals surface area contributed by atoms with E-state index in [1.165, 1.54) is 11.3 Å². The zero-order valence-corrected chi connectivity index (χ0v) is 12.5.